The van der Waals surface area contributed by atoms with Gasteiger partial charge >= 0.3 is 0 Å². The molecule has 8 heteroatoms. The molecule has 0 spiro atoms. The molecule has 0 aromatic carbocycles. The normalized spacial score (nSPS) is 20.1. The highest BCUT2D eigenvalue weighted by molar-refractivity contribution is 5.76. The number of pyridine rings is 2. The molecule has 0 aliphatic carbocycles. The Labute approximate surface area is 173 Å². The second-order valence-electron chi connectivity index (χ2n) is 8.30. The molecule has 2 bridgehead atoms. The summed E-state index contributed by atoms with van der Waals surface area (Å²) < 4.78 is 3.43. The number of hydrogen-bond donors (Lipinski definition) is 1. The van der Waals surface area contributed by atoms with Crippen LogP contribution in [0.15, 0.2) is 47.4 Å². The Hall–Kier alpha value is -3.42. The maximum atomic E-state index is 13.0. The highest BCUT2D eigenvalue weighted by Gasteiger charge is 2.36. The smallest absolute Gasteiger partial charge is 0.251 e. The number of rotatable bonds is 3. The molecule has 30 heavy (non-hydrogen) atoms. The SMILES string of the molecule is Cc1cc(N)n(CC(=O)N2C[C@@H]3C[C@H](C2)c2cc(-c4ccccn4)cc(=O)n2C3)n1. The third-order valence-corrected chi connectivity index (χ3v) is 6.09. The van der Waals surface area contributed by atoms with E-state index in [2.05, 4.69) is 16.1 Å². The summed E-state index contributed by atoms with van der Waals surface area (Å²) in [5.74, 6) is 0.913. The highest BCUT2D eigenvalue weighted by Crippen LogP contribution is 2.36. The van der Waals surface area contributed by atoms with Gasteiger partial charge in [-0.2, -0.15) is 5.10 Å². The number of carbonyl (C=O) groups is 1. The number of amides is 1. The number of carbonyl (C=O) groups excluding carboxylic acids is 1. The molecule has 2 atom stereocenters. The predicted octanol–water partition coefficient (Wildman–Crippen LogP) is 1.64. The zero-order chi connectivity index (χ0) is 20.8. The number of nitrogens with zero attached hydrogens (tertiary/aromatic N) is 5. The molecular weight excluding hydrogens is 380 g/mol. The van der Waals surface area contributed by atoms with Crippen molar-refractivity contribution in [1.82, 2.24) is 24.2 Å². The number of aromatic nitrogens is 4. The van der Waals surface area contributed by atoms with Gasteiger partial charge in [-0.05, 0) is 37.5 Å². The molecule has 0 radical (unpaired) electrons. The Kier molecular flexibility index (Phi) is 4.42. The lowest BCUT2D eigenvalue weighted by atomic mass is 9.82. The third kappa shape index (κ3) is 3.28. The van der Waals surface area contributed by atoms with E-state index in [1.165, 1.54) is 0 Å². The van der Waals surface area contributed by atoms with E-state index in [1.807, 2.05) is 34.6 Å². The molecule has 3 aromatic rings. The number of fused-ring (bicyclic) bond motifs is 4. The van der Waals surface area contributed by atoms with Crippen LogP contribution in [-0.4, -0.2) is 43.2 Å². The average molecular weight is 404 g/mol. The van der Waals surface area contributed by atoms with Crippen LogP contribution in [0.4, 0.5) is 5.82 Å². The Morgan fingerprint density at radius 3 is 2.80 bits per heavy atom. The summed E-state index contributed by atoms with van der Waals surface area (Å²) in [5.41, 5.74) is 9.35. The Bertz CT molecular complexity index is 1170. The van der Waals surface area contributed by atoms with Gasteiger partial charge < -0.3 is 15.2 Å². The lowest BCUT2D eigenvalue weighted by Crippen LogP contribution is -2.50. The van der Waals surface area contributed by atoms with Gasteiger partial charge in [0, 0.05) is 55.1 Å². The molecule has 1 amide bonds. The van der Waals surface area contributed by atoms with Crippen LogP contribution < -0.4 is 11.3 Å². The van der Waals surface area contributed by atoms with Gasteiger partial charge in [-0.1, -0.05) is 6.07 Å². The number of hydrogen-bond acceptors (Lipinski definition) is 5. The van der Waals surface area contributed by atoms with E-state index in [-0.39, 0.29) is 29.8 Å². The summed E-state index contributed by atoms with van der Waals surface area (Å²) in [7, 11) is 0. The van der Waals surface area contributed by atoms with E-state index >= 15 is 0 Å². The molecule has 0 saturated carbocycles. The summed E-state index contributed by atoms with van der Waals surface area (Å²) in [5, 5.41) is 4.30. The molecule has 1 saturated heterocycles. The van der Waals surface area contributed by atoms with Crippen LogP contribution in [0.3, 0.4) is 0 Å². The second-order valence-corrected chi connectivity index (χ2v) is 8.30. The van der Waals surface area contributed by atoms with Crippen LogP contribution in [0.25, 0.3) is 11.3 Å². The van der Waals surface area contributed by atoms with Crippen LogP contribution in [0.1, 0.15) is 23.7 Å². The number of likely N-dealkylation sites (tertiary alicyclic amines) is 1. The van der Waals surface area contributed by atoms with Gasteiger partial charge in [0.2, 0.25) is 5.91 Å². The first-order chi connectivity index (χ1) is 14.5. The fraction of sp³-hybridized carbons (Fsp3) is 0.364. The Morgan fingerprint density at radius 2 is 2.07 bits per heavy atom. The summed E-state index contributed by atoms with van der Waals surface area (Å²) in [4.78, 5) is 32.1. The Balaban J connectivity index is 1.42. The van der Waals surface area contributed by atoms with Crippen molar-refractivity contribution < 1.29 is 4.79 Å². The minimum atomic E-state index is 0.00224. The van der Waals surface area contributed by atoms with Crippen molar-refractivity contribution in [3.63, 3.8) is 0 Å². The fourth-order valence-corrected chi connectivity index (χ4v) is 4.76. The quantitative estimate of drug-likeness (QED) is 0.716. The lowest BCUT2D eigenvalue weighted by molar-refractivity contribution is -0.134. The number of anilines is 1. The number of nitrogen functional groups attached to an aromatic ring is 1. The van der Waals surface area contributed by atoms with Gasteiger partial charge in [-0.3, -0.25) is 14.6 Å². The largest absolute Gasteiger partial charge is 0.384 e. The first kappa shape index (κ1) is 18.6. The van der Waals surface area contributed by atoms with Crippen molar-refractivity contribution in [2.75, 3.05) is 18.8 Å². The van der Waals surface area contributed by atoms with Crippen LogP contribution >= 0.6 is 0 Å². The summed E-state index contributed by atoms with van der Waals surface area (Å²) >= 11 is 0. The van der Waals surface area contributed by atoms with Crippen molar-refractivity contribution in [2.24, 2.45) is 5.92 Å². The summed E-state index contributed by atoms with van der Waals surface area (Å²) in [6, 6.07) is 11.2. The zero-order valence-corrected chi connectivity index (χ0v) is 16.9. The zero-order valence-electron chi connectivity index (χ0n) is 16.9. The predicted molar refractivity (Wildman–Crippen MR) is 113 cm³/mol. The molecule has 5 heterocycles. The molecule has 8 nitrogen and oxygen atoms in total. The van der Waals surface area contributed by atoms with E-state index in [4.69, 9.17) is 5.73 Å². The fourth-order valence-electron chi connectivity index (χ4n) is 4.76. The van der Waals surface area contributed by atoms with E-state index in [1.54, 1.807) is 23.0 Å². The van der Waals surface area contributed by atoms with Gasteiger partial charge in [-0.15, -0.1) is 0 Å². The standard InChI is InChI=1S/C22H24N6O2/c1-14-6-20(23)28(25-14)13-22(30)26-10-15-7-17(12-26)19-8-16(9-21(29)27(19)11-15)18-4-2-3-5-24-18/h2-6,8-9,15,17H,7,10-13,23H2,1H3/t15-,17+/m0/s1. The van der Waals surface area contributed by atoms with Crippen LogP contribution in [-0.2, 0) is 17.9 Å². The van der Waals surface area contributed by atoms with E-state index in [0.29, 0.717) is 25.5 Å². The molecular formula is C22H24N6O2. The topological polar surface area (TPSA) is 99.0 Å². The summed E-state index contributed by atoms with van der Waals surface area (Å²) in [6.07, 6.45) is 2.71. The van der Waals surface area contributed by atoms with Crippen molar-refractivity contribution >= 4 is 11.7 Å². The molecule has 1 fully saturated rings. The van der Waals surface area contributed by atoms with E-state index in [9.17, 15) is 9.59 Å². The molecule has 154 valence electrons. The van der Waals surface area contributed by atoms with Crippen LogP contribution in [0.2, 0.25) is 0 Å². The van der Waals surface area contributed by atoms with Crippen molar-refractivity contribution in [3.05, 3.63) is 64.3 Å². The van der Waals surface area contributed by atoms with Crippen molar-refractivity contribution in [3.8, 4) is 11.3 Å². The average Bonchev–Trinajstić information content (AvgIpc) is 3.05. The van der Waals surface area contributed by atoms with E-state index in [0.717, 1.165) is 29.1 Å². The molecule has 0 unspecified atom stereocenters. The van der Waals surface area contributed by atoms with Gasteiger partial charge in [-0.25, -0.2) is 4.68 Å². The molecule has 2 N–H and O–H groups in total. The van der Waals surface area contributed by atoms with Crippen molar-refractivity contribution in [1.29, 1.82) is 0 Å². The van der Waals surface area contributed by atoms with Crippen molar-refractivity contribution in [2.45, 2.75) is 32.4 Å². The minimum Gasteiger partial charge on any atom is -0.384 e. The van der Waals surface area contributed by atoms with Gasteiger partial charge in [0.1, 0.15) is 12.4 Å². The van der Waals surface area contributed by atoms with E-state index < -0.39 is 0 Å². The highest BCUT2D eigenvalue weighted by atomic mass is 16.2. The second kappa shape index (κ2) is 7.12. The summed E-state index contributed by atoms with van der Waals surface area (Å²) in [6.45, 7) is 3.89. The maximum Gasteiger partial charge on any atom is 0.251 e. The van der Waals surface area contributed by atoms with Gasteiger partial charge in [0.25, 0.3) is 5.56 Å². The lowest BCUT2D eigenvalue weighted by Gasteiger charge is -2.43. The third-order valence-electron chi connectivity index (χ3n) is 6.09. The minimum absolute atomic E-state index is 0.00224. The molecule has 3 aromatic heterocycles. The van der Waals surface area contributed by atoms with Crippen LogP contribution in [0, 0.1) is 12.8 Å². The number of aryl methyl sites for hydroxylation is 1. The number of nitrogens with two attached hydrogens (primary N) is 1. The number of piperidine rings is 1. The maximum absolute atomic E-state index is 13.0. The van der Waals surface area contributed by atoms with Gasteiger partial charge in [0.05, 0.1) is 11.4 Å². The van der Waals surface area contributed by atoms with Crippen LogP contribution in [0.5, 0.6) is 0 Å². The molecule has 2 aliphatic rings. The first-order valence-corrected chi connectivity index (χ1v) is 10.2. The molecule has 2 aliphatic heterocycles. The first-order valence-electron chi connectivity index (χ1n) is 10.2. The monoisotopic (exact) mass is 404 g/mol. The van der Waals surface area contributed by atoms with Gasteiger partial charge in [0.15, 0.2) is 0 Å². The Morgan fingerprint density at radius 1 is 1.20 bits per heavy atom. The molecule has 5 rings (SSSR count).